The van der Waals surface area contributed by atoms with Gasteiger partial charge in [-0.3, -0.25) is 4.79 Å². The Morgan fingerprint density at radius 3 is 2.68 bits per heavy atom. The Kier molecular flexibility index (Phi) is 6.47. The Balaban J connectivity index is 1.43. The molecular weight excluding hydrogens is 392 g/mol. The van der Waals surface area contributed by atoms with Gasteiger partial charge in [-0.1, -0.05) is 18.2 Å². The molecule has 0 fully saturated rings. The number of carbonyl (C=O) groups excluding carboxylic acids is 1. The summed E-state index contributed by atoms with van der Waals surface area (Å²) < 4.78 is 18.3. The highest BCUT2D eigenvalue weighted by Gasteiger charge is 2.26. The van der Waals surface area contributed by atoms with Gasteiger partial charge in [-0.05, 0) is 54.2 Å². The highest BCUT2D eigenvalue weighted by molar-refractivity contribution is 5.85. The molecule has 0 aliphatic heterocycles. The summed E-state index contributed by atoms with van der Waals surface area (Å²) >= 11 is 0. The Bertz CT molecular complexity index is 1070. The number of benzene rings is 2. The zero-order valence-electron chi connectivity index (χ0n) is 18.4. The molecule has 0 spiro atoms. The Hall–Kier alpha value is -2.99. The molecule has 4 rings (SSSR count). The van der Waals surface area contributed by atoms with Crippen LogP contribution in [-0.4, -0.2) is 38.4 Å². The predicted molar refractivity (Wildman–Crippen MR) is 121 cm³/mol. The van der Waals surface area contributed by atoms with Crippen LogP contribution in [0, 0.1) is 0 Å². The van der Waals surface area contributed by atoms with Gasteiger partial charge >= 0.3 is 0 Å². The first kappa shape index (κ1) is 21.2. The Labute approximate surface area is 183 Å². The van der Waals surface area contributed by atoms with Crippen molar-refractivity contribution < 1.29 is 19.0 Å². The molecule has 3 aromatic rings. The minimum Gasteiger partial charge on any atom is -0.493 e. The minimum atomic E-state index is 0.0188. The van der Waals surface area contributed by atoms with Crippen molar-refractivity contribution in [3.8, 4) is 11.5 Å². The lowest BCUT2D eigenvalue weighted by Crippen LogP contribution is -2.27. The smallest absolute Gasteiger partial charge is 0.220 e. The van der Waals surface area contributed by atoms with Gasteiger partial charge in [0.2, 0.25) is 5.91 Å². The second-order valence-corrected chi connectivity index (χ2v) is 7.92. The summed E-state index contributed by atoms with van der Waals surface area (Å²) in [5, 5.41) is 4.42. The molecular formula is C25H30N2O4. The van der Waals surface area contributed by atoms with Crippen LogP contribution in [0.3, 0.4) is 0 Å². The van der Waals surface area contributed by atoms with E-state index in [0.717, 1.165) is 30.7 Å². The van der Waals surface area contributed by atoms with Gasteiger partial charge < -0.3 is 24.1 Å². The van der Waals surface area contributed by atoms with E-state index in [1.54, 1.807) is 21.3 Å². The van der Waals surface area contributed by atoms with Crippen LogP contribution >= 0.6 is 0 Å². The first-order valence-electron chi connectivity index (χ1n) is 10.7. The summed E-state index contributed by atoms with van der Waals surface area (Å²) in [7, 11) is 4.99. The van der Waals surface area contributed by atoms with E-state index in [-0.39, 0.29) is 11.9 Å². The van der Waals surface area contributed by atoms with Crippen molar-refractivity contribution in [2.24, 2.45) is 0 Å². The van der Waals surface area contributed by atoms with E-state index in [2.05, 4.69) is 28.2 Å². The molecule has 0 bridgehead atoms. The molecule has 6 nitrogen and oxygen atoms in total. The number of nitrogens with one attached hydrogen (secondary N) is 1. The van der Waals surface area contributed by atoms with E-state index >= 15 is 0 Å². The van der Waals surface area contributed by atoms with E-state index in [0.29, 0.717) is 25.2 Å². The maximum Gasteiger partial charge on any atom is 0.220 e. The van der Waals surface area contributed by atoms with E-state index in [9.17, 15) is 4.79 Å². The topological polar surface area (TPSA) is 61.7 Å². The Morgan fingerprint density at radius 1 is 1.13 bits per heavy atom. The highest BCUT2D eigenvalue weighted by atomic mass is 16.5. The number of aromatic nitrogens is 1. The molecule has 1 N–H and O–H groups in total. The van der Waals surface area contributed by atoms with Gasteiger partial charge in [0, 0.05) is 37.2 Å². The van der Waals surface area contributed by atoms with Crippen LogP contribution in [-0.2, 0) is 28.9 Å². The first-order valence-corrected chi connectivity index (χ1v) is 10.7. The lowest BCUT2D eigenvalue weighted by Gasteiger charge is -2.16. The minimum absolute atomic E-state index is 0.0188. The first-order chi connectivity index (χ1) is 15.1. The molecule has 2 aromatic carbocycles. The molecule has 31 heavy (non-hydrogen) atoms. The van der Waals surface area contributed by atoms with Gasteiger partial charge in [0.1, 0.15) is 0 Å². The number of para-hydroxylation sites is 1. The lowest BCUT2D eigenvalue weighted by atomic mass is 10.1. The van der Waals surface area contributed by atoms with Gasteiger partial charge in [0.15, 0.2) is 11.5 Å². The fraction of sp³-hybridized carbons (Fsp3) is 0.400. The summed E-state index contributed by atoms with van der Waals surface area (Å²) in [5.41, 5.74) is 4.71. The van der Waals surface area contributed by atoms with Crippen LogP contribution < -0.4 is 14.8 Å². The van der Waals surface area contributed by atoms with Crippen molar-refractivity contribution in [3.05, 3.63) is 59.3 Å². The second kappa shape index (κ2) is 9.43. The van der Waals surface area contributed by atoms with Crippen molar-refractivity contribution >= 4 is 16.8 Å². The molecule has 0 unspecified atom stereocenters. The summed E-state index contributed by atoms with van der Waals surface area (Å²) in [6.45, 7) is 1.46. The number of methoxy groups -OCH3 is 3. The number of carbonyl (C=O) groups is 1. The number of aryl methyl sites for hydroxylation is 2. The van der Waals surface area contributed by atoms with Crippen LogP contribution in [0.1, 0.15) is 35.6 Å². The summed E-state index contributed by atoms with van der Waals surface area (Å²) in [5.74, 6) is 1.51. The lowest BCUT2D eigenvalue weighted by molar-refractivity contribution is -0.121. The Morgan fingerprint density at radius 2 is 1.90 bits per heavy atom. The van der Waals surface area contributed by atoms with Crippen LogP contribution in [0.2, 0.25) is 0 Å². The standard InChI is InChI=1S/C25H30N2O4/c1-29-13-12-27-16-18(19-6-4-5-7-22(19)27)9-11-25(28)26-21-10-8-17-14-23(30-2)24(31-3)15-20(17)21/h4-7,14-16,21H,8-13H2,1-3H3,(H,26,28)/t21-/m1/s1. The number of fused-ring (bicyclic) bond motifs is 2. The van der Waals surface area contributed by atoms with E-state index in [4.69, 9.17) is 14.2 Å². The van der Waals surface area contributed by atoms with E-state index in [1.165, 1.54) is 22.0 Å². The number of rotatable bonds is 9. The van der Waals surface area contributed by atoms with E-state index < -0.39 is 0 Å². The van der Waals surface area contributed by atoms with Crippen molar-refractivity contribution in [3.63, 3.8) is 0 Å². The second-order valence-electron chi connectivity index (χ2n) is 7.92. The maximum atomic E-state index is 12.8. The normalized spacial score (nSPS) is 15.1. The molecule has 0 saturated carbocycles. The molecule has 1 atom stereocenters. The third kappa shape index (κ3) is 4.39. The zero-order chi connectivity index (χ0) is 21.8. The van der Waals surface area contributed by atoms with Crippen molar-refractivity contribution in [1.82, 2.24) is 9.88 Å². The average Bonchev–Trinajstić information content (AvgIpc) is 3.36. The van der Waals surface area contributed by atoms with Gasteiger partial charge in [-0.15, -0.1) is 0 Å². The third-order valence-electron chi connectivity index (χ3n) is 6.09. The molecule has 1 heterocycles. The fourth-order valence-corrected chi connectivity index (χ4v) is 4.49. The van der Waals surface area contributed by atoms with Crippen molar-refractivity contribution in [1.29, 1.82) is 0 Å². The monoisotopic (exact) mass is 422 g/mol. The molecule has 164 valence electrons. The summed E-state index contributed by atoms with van der Waals surface area (Å²) in [6, 6.07) is 12.4. The highest BCUT2D eigenvalue weighted by Crippen LogP contribution is 2.39. The van der Waals surface area contributed by atoms with Gasteiger partial charge in [-0.2, -0.15) is 0 Å². The molecule has 1 amide bonds. The SMILES string of the molecule is COCCn1cc(CCC(=O)N[C@@H]2CCc3cc(OC)c(OC)cc32)c2ccccc21. The quantitative estimate of drug-likeness (QED) is 0.565. The zero-order valence-corrected chi connectivity index (χ0v) is 18.4. The number of hydrogen-bond donors (Lipinski definition) is 1. The number of nitrogens with zero attached hydrogens (tertiary/aromatic N) is 1. The predicted octanol–water partition coefficient (Wildman–Crippen LogP) is 4.04. The van der Waals surface area contributed by atoms with Gasteiger partial charge in [-0.25, -0.2) is 0 Å². The third-order valence-corrected chi connectivity index (χ3v) is 6.09. The summed E-state index contributed by atoms with van der Waals surface area (Å²) in [4.78, 5) is 12.8. The summed E-state index contributed by atoms with van der Waals surface area (Å²) in [6.07, 6.45) is 5.13. The average molecular weight is 423 g/mol. The molecule has 1 aliphatic carbocycles. The molecule has 0 radical (unpaired) electrons. The molecule has 1 aliphatic rings. The largest absolute Gasteiger partial charge is 0.493 e. The van der Waals surface area contributed by atoms with Crippen LogP contribution in [0.5, 0.6) is 11.5 Å². The van der Waals surface area contributed by atoms with Crippen LogP contribution in [0.4, 0.5) is 0 Å². The van der Waals surface area contributed by atoms with E-state index in [1.807, 2.05) is 24.3 Å². The van der Waals surface area contributed by atoms with Gasteiger partial charge in [0.05, 0.1) is 26.9 Å². The maximum absolute atomic E-state index is 12.8. The van der Waals surface area contributed by atoms with Crippen molar-refractivity contribution in [2.45, 2.75) is 38.3 Å². The molecule has 6 heteroatoms. The molecule has 0 saturated heterocycles. The molecule has 1 aromatic heterocycles. The fourth-order valence-electron chi connectivity index (χ4n) is 4.49. The van der Waals surface area contributed by atoms with Crippen LogP contribution in [0.25, 0.3) is 10.9 Å². The number of ether oxygens (including phenoxy) is 3. The van der Waals surface area contributed by atoms with Crippen molar-refractivity contribution in [2.75, 3.05) is 27.9 Å². The van der Waals surface area contributed by atoms with Crippen LogP contribution in [0.15, 0.2) is 42.6 Å². The number of amides is 1. The van der Waals surface area contributed by atoms with Gasteiger partial charge in [0.25, 0.3) is 0 Å². The number of hydrogen-bond acceptors (Lipinski definition) is 4.